The maximum Gasteiger partial charge on any atom is 0.417 e. The first-order chi connectivity index (χ1) is 11.7. The van der Waals surface area contributed by atoms with E-state index >= 15 is 0 Å². The lowest BCUT2D eigenvalue weighted by atomic mass is 10.2. The highest BCUT2D eigenvalue weighted by atomic mass is 35.5. The van der Waals surface area contributed by atoms with Crippen molar-refractivity contribution in [2.75, 3.05) is 5.32 Å². The number of aryl methyl sites for hydroxylation is 1. The van der Waals surface area contributed by atoms with Crippen molar-refractivity contribution in [3.05, 3.63) is 64.3 Å². The summed E-state index contributed by atoms with van der Waals surface area (Å²) in [7, 11) is 0. The Hall–Kier alpha value is -2.61. The molecule has 2 aromatic heterocycles. The van der Waals surface area contributed by atoms with Gasteiger partial charge in [-0.1, -0.05) is 23.7 Å². The molecule has 3 rings (SSSR count). The maximum absolute atomic E-state index is 13.7. The van der Waals surface area contributed by atoms with Gasteiger partial charge in [0, 0.05) is 6.20 Å². The highest BCUT2D eigenvalue weighted by Gasteiger charge is 2.33. The zero-order chi connectivity index (χ0) is 18.4. The van der Waals surface area contributed by atoms with Crippen molar-refractivity contribution >= 4 is 28.8 Å². The minimum Gasteiger partial charge on any atom is -0.318 e. The Labute approximate surface area is 144 Å². The predicted molar refractivity (Wildman–Crippen MR) is 84.3 cm³/mol. The molecule has 9 heteroatoms. The summed E-state index contributed by atoms with van der Waals surface area (Å²) >= 11 is 5.87. The number of nitrogens with zero attached hydrogens (tertiary/aromatic N) is 2. The third-order valence-electron chi connectivity index (χ3n) is 3.51. The van der Waals surface area contributed by atoms with Gasteiger partial charge in [-0.15, -0.1) is 0 Å². The highest BCUT2D eigenvalue weighted by Crippen LogP contribution is 2.33. The van der Waals surface area contributed by atoms with Crippen molar-refractivity contribution in [3.8, 4) is 0 Å². The summed E-state index contributed by atoms with van der Waals surface area (Å²) in [5.74, 6) is -1.47. The number of alkyl halides is 3. The number of nitrogens with one attached hydrogen (secondary N) is 1. The number of aromatic nitrogens is 2. The summed E-state index contributed by atoms with van der Waals surface area (Å²) < 4.78 is 53.6. The van der Waals surface area contributed by atoms with Crippen LogP contribution in [0, 0.1) is 12.7 Å². The van der Waals surface area contributed by atoms with Crippen LogP contribution in [0.4, 0.5) is 23.2 Å². The number of hydrogen-bond donors (Lipinski definition) is 1. The van der Waals surface area contributed by atoms with Crippen LogP contribution in [0.15, 0.2) is 36.5 Å². The first-order valence-corrected chi connectivity index (χ1v) is 7.37. The maximum atomic E-state index is 13.7. The Kier molecular flexibility index (Phi) is 4.16. The number of hydrogen-bond acceptors (Lipinski definition) is 2. The van der Waals surface area contributed by atoms with Gasteiger partial charge in [-0.2, -0.15) is 13.2 Å². The van der Waals surface area contributed by atoms with E-state index in [0.717, 1.165) is 22.7 Å². The normalized spacial score (nSPS) is 11.8. The predicted octanol–water partition coefficient (Wildman–Crippen LogP) is 4.71. The minimum absolute atomic E-state index is 0.00542. The topological polar surface area (TPSA) is 46.4 Å². The van der Waals surface area contributed by atoms with Crippen molar-refractivity contribution in [1.29, 1.82) is 0 Å². The highest BCUT2D eigenvalue weighted by molar-refractivity contribution is 6.33. The van der Waals surface area contributed by atoms with Crippen molar-refractivity contribution in [1.82, 2.24) is 9.38 Å². The standard InChI is InChI=1S/C16H10ClF4N3O/c1-8-13(15(25)23-12-5-3-2-4-11(12)18)24-7-9(16(19,20)21)6-10(17)14(24)22-8/h2-7H,1H3,(H,23,25). The summed E-state index contributed by atoms with van der Waals surface area (Å²) in [6, 6.07) is 6.18. The van der Waals surface area contributed by atoms with Crippen molar-refractivity contribution in [2.45, 2.75) is 13.1 Å². The SMILES string of the molecule is Cc1nc2c(Cl)cc(C(F)(F)F)cn2c1C(=O)Nc1ccccc1F. The molecule has 0 fully saturated rings. The molecule has 0 aliphatic carbocycles. The number of carbonyl (C=O) groups excluding carboxylic acids is 1. The van der Waals surface area contributed by atoms with Gasteiger partial charge in [0.15, 0.2) is 5.65 Å². The molecule has 0 unspecified atom stereocenters. The van der Waals surface area contributed by atoms with Gasteiger partial charge in [-0.05, 0) is 25.1 Å². The molecule has 0 radical (unpaired) electrons. The molecule has 0 saturated heterocycles. The number of anilines is 1. The van der Waals surface area contributed by atoms with Crippen LogP contribution in [0.25, 0.3) is 5.65 Å². The summed E-state index contributed by atoms with van der Waals surface area (Å²) in [5, 5.41) is 2.08. The molecular weight excluding hydrogens is 362 g/mol. The van der Waals surface area contributed by atoms with E-state index in [-0.39, 0.29) is 27.7 Å². The van der Waals surface area contributed by atoms with Crippen molar-refractivity contribution in [2.24, 2.45) is 0 Å². The minimum atomic E-state index is -4.64. The molecule has 0 atom stereocenters. The molecule has 3 aromatic rings. The van der Waals surface area contributed by atoms with Gasteiger partial charge in [-0.3, -0.25) is 9.20 Å². The van der Waals surface area contributed by atoms with Crippen molar-refractivity contribution < 1.29 is 22.4 Å². The molecule has 130 valence electrons. The Morgan fingerprint density at radius 1 is 1.28 bits per heavy atom. The monoisotopic (exact) mass is 371 g/mol. The third-order valence-corrected chi connectivity index (χ3v) is 3.79. The van der Waals surface area contributed by atoms with Crippen LogP contribution in [0.2, 0.25) is 5.02 Å². The molecule has 1 N–H and O–H groups in total. The van der Waals surface area contributed by atoms with Crippen LogP contribution >= 0.6 is 11.6 Å². The first kappa shape index (κ1) is 17.2. The van der Waals surface area contributed by atoms with Gasteiger partial charge in [0.25, 0.3) is 5.91 Å². The lowest BCUT2D eigenvalue weighted by Crippen LogP contribution is -2.17. The second-order valence-electron chi connectivity index (χ2n) is 5.25. The molecule has 0 spiro atoms. The van der Waals surface area contributed by atoms with E-state index in [1.54, 1.807) is 0 Å². The average molecular weight is 372 g/mol. The fourth-order valence-electron chi connectivity index (χ4n) is 2.39. The van der Waals surface area contributed by atoms with Gasteiger partial charge >= 0.3 is 6.18 Å². The van der Waals surface area contributed by atoms with Crippen LogP contribution in [0.5, 0.6) is 0 Å². The molecule has 4 nitrogen and oxygen atoms in total. The summed E-state index contributed by atoms with van der Waals surface area (Å²) in [4.78, 5) is 16.5. The fourth-order valence-corrected chi connectivity index (χ4v) is 2.64. The van der Waals surface area contributed by atoms with Crippen LogP contribution in [0.3, 0.4) is 0 Å². The molecule has 25 heavy (non-hydrogen) atoms. The number of para-hydroxylation sites is 1. The number of imidazole rings is 1. The van der Waals surface area contributed by atoms with E-state index in [1.807, 2.05) is 0 Å². The second kappa shape index (κ2) is 6.03. The van der Waals surface area contributed by atoms with E-state index in [1.165, 1.54) is 25.1 Å². The number of halogens is 5. The second-order valence-corrected chi connectivity index (χ2v) is 5.66. The number of benzene rings is 1. The quantitative estimate of drug-likeness (QED) is 0.663. The van der Waals surface area contributed by atoms with E-state index in [4.69, 9.17) is 11.6 Å². The fraction of sp³-hybridized carbons (Fsp3) is 0.125. The zero-order valence-corrected chi connectivity index (χ0v) is 13.4. The molecular formula is C16H10ClF4N3O. The van der Waals surface area contributed by atoms with Gasteiger partial charge in [0.1, 0.15) is 11.5 Å². The van der Waals surface area contributed by atoms with E-state index in [0.29, 0.717) is 0 Å². The number of pyridine rings is 1. The summed E-state index contributed by atoms with van der Waals surface area (Å²) in [5.41, 5.74) is -1.12. The van der Waals surface area contributed by atoms with Crippen LogP contribution in [-0.2, 0) is 6.18 Å². The number of fused-ring (bicyclic) bond motifs is 1. The largest absolute Gasteiger partial charge is 0.417 e. The third kappa shape index (κ3) is 3.17. The molecule has 0 saturated carbocycles. The van der Waals surface area contributed by atoms with Gasteiger partial charge in [0.05, 0.1) is 22.0 Å². The molecule has 2 heterocycles. The van der Waals surface area contributed by atoms with Crippen LogP contribution in [-0.4, -0.2) is 15.3 Å². The average Bonchev–Trinajstić information content (AvgIpc) is 2.85. The van der Waals surface area contributed by atoms with Crippen LogP contribution < -0.4 is 5.32 Å². The smallest absolute Gasteiger partial charge is 0.318 e. The Morgan fingerprint density at radius 3 is 2.60 bits per heavy atom. The molecule has 0 aliphatic rings. The number of carbonyl (C=O) groups is 1. The van der Waals surface area contributed by atoms with Gasteiger partial charge in [-0.25, -0.2) is 9.37 Å². The molecule has 0 aliphatic heterocycles. The zero-order valence-electron chi connectivity index (χ0n) is 12.7. The van der Waals surface area contributed by atoms with Crippen LogP contribution in [0.1, 0.15) is 21.7 Å². The number of rotatable bonds is 2. The van der Waals surface area contributed by atoms with Crippen molar-refractivity contribution in [3.63, 3.8) is 0 Å². The molecule has 1 aromatic carbocycles. The summed E-state index contributed by atoms with van der Waals surface area (Å²) in [6.07, 6.45) is -3.91. The Balaban J connectivity index is 2.12. The van der Waals surface area contributed by atoms with Gasteiger partial charge < -0.3 is 5.32 Å². The van der Waals surface area contributed by atoms with E-state index in [9.17, 15) is 22.4 Å². The van der Waals surface area contributed by atoms with E-state index < -0.39 is 23.5 Å². The Bertz CT molecular complexity index is 981. The lowest BCUT2D eigenvalue weighted by molar-refractivity contribution is -0.137. The molecule has 1 amide bonds. The Morgan fingerprint density at radius 2 is 1.96 bits per heavy atom. The van der Waals surface area contributed by atoms with E-state index in [2.05, 4.69) is 10.3 Å². The summed E-state index contributed by atoms with van der Waals surface area (Å²) in [6.45, 7) is 1.45. The lowest BCUT2D eigenvalue weighted by Gasteiger charge is -2.10. The van der Waals surface area contributed by atoms with Gasteiger partial charge in [0.2, 0.25) is 0 Å². The first-order valence-electron chi connectivity index (χ1n) is 7.00. The molecule has 0 bridgehead atoms. The number of amides is 1.